The molecule has 0 saturated heterocycles. The maximum absolute atomic E-state index is 4.61. The fraction of sp³-hybridized carbons (Fsp3) is 0.250. The molecule has 0 spiro atoms. The standard InChI is InChI=1S/C16H16N4/c1-11-5-3-7-13(19-11)15-16(18-10-9-17-15)14-8-4-6-12(2)20-14/h3-8H,9-10H2,1-2H3. The van der Waals surface area contributed by atoms with Crippen molar-refractivity contribution in [2.24, 2.45) is 9.98 Å². The van der Waals surface area contributed by atoms with Crippen molar-refractivity contribution in [2.75, 3.05) is 13.1 Å². The molecule has 1 aliphatic heterocycles. The molecule has 100 valence electrons. The van der Waals surface area contributed by atoms with Crippen molar-refractivity contribution < 1.29 is 0 Å². The summed E-state index contributed by atoms with van der Waals surface area (Å²) in [6.07, 6.45) is 0. The average molecular weight is 264 g/mol. The molecule has 2 aromatic heterocycles. The third-order valence-electron chi connectivity index (χ3n) is 3.13. The number of aliphatic imine (C=N–C) groups is 2. The van der Waals surface area contributed by atoms with E-state index < -0.39 is 0 Å². The van der Waals surface area contributed by atoms with Gasteiger partial charge in [0.25, 0.3) is 0 Å². The maximum Gasteiger partial charge on any atom is 0.111 e. The van der Waals surface area contributed by atoms with Gasteiger partial charge in [0.1, 0.15) is 11.4 Å². The Morgan fingerprint density at radius 3 is 1.55 bits per heavy atom. The van der Waals surface area contributed by atoms with Crippen molar-refractivity contribution in [2.45, 2.75) is 13.8 Å². The molecule has 0 bridgehead atoms. The van der Waals surface area contributed by atoms with Gasteiger partial charge in [-0.25, -0.2) is 0 Å². The molecular weight excluding hydrogens is 248 g/mol. The van der Waals surface area contributed by atoms with Crippen LogP contribution in [0.4, 0.5) is 0 Å². The van der Waals surface area contributed by atoms with Crippen LogP contribution < -0.4 is 0 Å². The quantitative estimate of drug-likeness (QED) is 0.836. The molecule has 1 aliphatic rings. The first-order valence-electron chi connectivity index (χ1n) is 6.71. The summed E-state index contributed by atoms with van der Waals surface area (Å²) < 4.78 is 0. The first kappa shape index (κ1) is 12.7. The number of hydrogen-bond donors (Lipinski definition) is 0. The molecule has 3 rings (SSSR count). The summed E-state index contributed by atoms with van der Waals surface area (Å²) in [7, 11) is 0. The number of hydrogen-bond acceptors (Lipinski definition) is 4. The number of aryl methyl sites for hydroxylation is 2. The maximum atomic E-state index is 4.61. The summed E-state index contributed by atoms with van der Waals surface area (Å²) in [6.45, 7) is 5.38. The monoisotopic (exact) mass is 264 g/mol. The fourth-order valence-corrected chi connectivity index (χ4v) is 2.23. The summed E-state index contributed by atoms with van der Waals surface area (Å²) >= 11 is 0. The highest BCUT2D eigenvalue weighted by Crippen LogP contribution is 2.11. The molecule has 0 fully saturated rings. The van der Waals surface area contributed by atoms with Gasteiger partial charge in [-0.15, -0.1) is 0 Å². The second-order valence-corrected chi connectivity index (χ2v) is 4.79. The third kappa shape index (κ3) is 2.50. The zero-order valence-corrected chi connectivity index (χ0v) is 11.7. The van der Waals surface area contributed by atoms with E-state index in [1.807, 2.05) is 50.2 Å². The number of rotatable bonds is 2. The first-order valence-corrected chi connectivity index (χ1v) is 6.71. The summed E-state index contributed by atoms with van der Waals surface area (Å²) in [5, 5.41) is 0. The van der Waals surface area contributed by atoms with Crippen LogP contribution in [0, 0.1) is 13.8 Å². The van der Waals surface area contributed by atoms with Crippen molar-refractivity contribution >= 4 is 11.4 Å². The number of nitrogens with zero attached hydrogens (tertiary/aromatic N) is 4. The summed E-state index contributed by atoms with van der Waals surface area (Å²) in [6, 6.07) is 11.9. The second-order valence-electron chi connectivity index (χ2n) is 4.79. The molecule has 3 heterocycles. The molecule has 0 aliphatic carbocycles. The van der Waals surface area contributed by atoms with Gasteiger partial charge in [0.15, 0.2) is 0 Å². The van der Waals surface area contributed by atoms with Gasteiger partial charge in [0.2, 0.25) is 0 Å². The lowest BCUT2D eigenvalue weighted by atomic mass is 10.1. The van der Waals surface area contributed by atoms with Crippen LogP contribution in [0.2, 0.25) is 0 Å². The van der Waals surface area contributed by atoms with Crippen LogP contribution >= 0.6 is 0 Å². The van der Waals surface area contributed by atoms with E-state index in [2.05, 4.69) is 20.0 Å². The normalized spacial score (nSPS) is 14.7. The first-order chi connectivity index (χ1) is 9.74. The van der Waals surface area contributed by atoms with Crippen molar-refractivity contribution in [3.05, 3.63) is 59.2 Å². The van der Waals surface area contributed by atoms with E-state index in [1.165, 1.54) is 0 Å². The molecule has 0 N–H and O–H groups in total. The van der Waals surface area contributed by atoms with Crippen molar-refractivity contribution in [1.29, 1.82) is 0 Å². The van der Waals surface area contributed by atoms with Crippen LogP contribution in [0.1, 0.15) is 22.8 Å². The molecule has 4 nitrogen and oxygen atoms in total. The molecular formula is C16H16N4. The third-order valence-corrected chi connectivity index (χ3v) is 3.13. The van der Waals surface area contributed by atoms with Crippen molar-refractivity contribution in [3.63, 3.8) is 0 Å². The summed E-state index contributed by atoms with van der Waals surface area (Å²) in [5.74, 6) is 0. The van der Waals surface area contributed by atoms with Gasteiger partial charge in [-0.3, -0.25) is 20.0 Å². The predicted molar refractivity (Wildman–Crippen MR) is 80.8 cm³/mol. The Morgan fingerprint density at radius 2 is 1.15 bits per heavy atom. The Hall–Kier alpha value is -2.36. The SMILES string of the molecule is Cc1cccc(C2=NCCN=C2c2cccc(C)n2)n1. The Bertz CT molecular complexity index is 640. The summed E-state index contributed by atoms with van der Waals surface area (Å²) in [5.41, 5.74) is 5.38. The highest BCUT2D eigenvalue weighted by Gasteiger charge is 2.18. The molecule has 0 aromatic carbocycles. The van der Waals surface area contributed by atoms with Crippen LogP contribution in [0.3, 0.4) is 0 Å². The minimum atomic E-state index is 0.709. The number of aromatic nitrogens is 2. The molecule has 20 heavy (non-hydrogen) atoms. The lowest BCUT2D eigenvalue weighted by Gasteiger charge is -2.14. The van der Waals surface area contributed by atoms with Gasteiger partial charge >= 0.3 is 0 Å². The fourth-order valence-electron chi connectivity index (χ4n) is 2.23. The molecule has 0 radical (unpaired) electrons. The zero-order chi connectivity index (χ0) is 13.9. The smallest absolute Gasteiger partial charge is 0.111 e. The molecule has 2 aromatic rings. The molecule has 0 unspecified atom stereocenters. The van der Waals surface area contributed by atoms with Gasteiger partial charge in [0.05, 0.1) is 24.5 Å². The average Bonchev–Trinajstić information content (AvgIpc) is 2.47. The molecule has 4 heteroatoms. The lowest BCUT2D eigenvalue weighted by Crippen LogP contribution is -2.24. The van der Waals surface area contributed by atoms with E-state index in [0.29, 0.717) is 13.1 Å². The van der Waals surface area contributed by atoms with Crippen LogP contribution in [0.15, 0.2) is 46.4 Å². The second kappa shape index (κ2) is 5.33. The van der Waals surface area contributed by atoms with E-state index in [1.54, 1.807) is 0 Å². The Morgan fingerprint density at radius 1 is 0.700 bits per heavy atom. The van der Waals surface area contributed by atoms with Gasteiger partial charge in [0, 0.05) is 11.4 Å². The number of pyridine rings is 2. The Labute approximate surface area is 118 Å². The highest BCUT2D eigenvalue weighted by atomic mass is 14.9. The van der Waals surface area contributed by atoms with Crippen LogP contribution in [-0.2, 0) is 0 Å². The van der Waals surface area contributed by atoms with Gasteiger partial charge in [-0.05, 0) is 38.1 Å². The molecule has 0 amide bonds. The van der Waals surface area contributed by atoms with Crippen LogP contribution in [-0.4, -0.2) is 34.5 Å². The van der Waals surface area contributed by atoms with E-state index >= 15 is 0 Å². The van der Waals surface area contributed by atoms with Gasteiger partial charge < -0.3 is 0 Å². The van der Waals surface area contributed by atoms with Gasteiger partial charge in [-0.1, -0.05) is 12.1 Å². The molecule has 0 atom stereocenters. The largest absolute Gasteiger partial charge is 0.279 e. The van der Waals surface area contributed by atoms with E-state index in [4.69, 9.17) is 0 Å². The molecule has 0 saturated carbocycles. The van der Waals surface area contributed by atoms with Crippen LogP contribution in [0.5, 0.6) is 0 Å². The lowest BCUT2D eigenvalue weighted by molar-refractivity contribution is 0.958. The summed E-state index contributed by atoms with van der Waals surface area (Å²) in [4.78, 5) is 18.3. The predicted octanol–water partition coefficient (Wildman–Crippen LogP) is 2.39. The van der Waals surface area contributed by atoms with E-state index in [-0.39, 0.29) is 0 Å². The minimum Gasteiger partial charge on any atom is -0.279 e. The van der Waals surface area contributed by atoms with Crippen LogP contribution in [0.25, 0.3) is 0 Å². The van der Waals surface area contributed by atoms with E-state index in [9.17, 15) is 0 Å². The van der Waals surface area contributed by atoms with Crippen molar-refractivity contribution in [3.8, 4) is 0 Å². The zero-order valence-electron chi connectivity index (χ0n) is 11.7. The topological polar surface area (TPSA) is 50.5 Å². The van der Waals surface area contributed by atoms with E-state index in [0.717, 1.165) is 34.2 Å². The van der Waals surface area contributed by atoms with Gasteiger partial charge in [-0.2, -0.15) is 0 Å². The Kier molecular flexibility index (Phi) is 3.37. The highest BCUT2D eigenvalue weighted by molar-refractivity contribution is 6.53. The van der Waals surface area contributed by atoms with Crippen molar-refractivity contribution in [1.82, 2.24) is 9.97 Å². The minimum absolute atomic E-state index is 0.709. The Balaban J connectivity index is 2.06.